The lowest BCUT2D eigenvalue weighted by Crippen LogP contribution is -2.43. The molecule has 0 atom stereocenters. The Labute approximate surface area is 200 Å². The minimum atomic E-state index is 0.640. The lowest BCUT2D eigenvalue weighted by Gasteiger charge is -2.32. The van der Waals surface area contributed by atoms with Crippen molar-refractivity contribution in [2.45, 2.75) is 39.7 Å². The lowest BCUT2D eigenvalue weighted by molar-refractivity contribution is 0.219. The van der Waals surface area contributed by atoms with Crippen molar-refractivity contribution in [3.05, 3.63) is 74.6 Å². The summed E-state index contributed by atoms with van der Waals surface area (Å²) >= 11 is 0. The van der Waals surface area contributed by atoms with Crippen molar-refractivity contribution < 1.29 is 4.74 Å². The monoisotopic (exact) mass is 457 g/mol. The van der Waals surface area contributed by atoms with E-state index in [0.29, 0.717) is 6.04 Å². The molecule has 3 aromatic rings. The van der Waals surface area contributed by atoms with E-state index in [1.165, 1.54) is 29.2 Å². The van der Waals surface area contributed by atoms with E-state index in [0.717, 1.165) is 65.1 Å². The predicted molar refractivity (Wildman–Crippen MR) is 138 cm³/mol. The van der Waals surface area contributed by atoms with Crippen LogP contribution in [0.3, 0.4) is 0 Å². The highest BCUT2D eigenvalue weighted by atomic mass is 16.5. The topological polar surface area (TPSA) is 68.4 Å². The molecule has 0 radical (unpaired) electrons. The van der Waals surface area contributed by atoms with Gasteiger partial charge in [0.1, 0.15) is 5.75 Å². The van der Waals surface area contributed by atoms with E-state index in [1.807, 2.05) is 0 Å². The van der Waals surface area contributed by atoms with E-state index >= 15 is 0 Å². The zero-order chi connectivity index (χ0) is 23.7. The Bertz CT molecular complexity index is 1420. The molecule has 1 fully saturated rings. The summed E-state index contributed by atoms with van der Waals surface area (Å²) in [5.74, 6) is 0.825. The Balaban J connectivity index is 1.56. The fourth-order valence-corrected chi connectivity index (χ4v) is 5.23. The molecule has 3 N–H and O–H groups in total. The van der Waals surface area contributed by atoms with E-state index in [2.05, 4.69) is 83.4 Å². The van der Waals surface area contributed by atoms with Crippen LogP contribution in [0, 0.1) is 13.8 Å². The summed E-state index contributed by atoms with van der Waals surface area (Å²) in [6.07, 6.45) is 4.51. The van der Waals surface area contributed by atoms with Crippen LogP contribution in [0.15, 0.2) is 41.4 Å². The number of hydrogen-bond donors (Lipinski definition) is 3. The van der Waals surface area contributed by atoms with Crippen molar-refractivity contribution in [3.63, 3.8) is 0 Å². The van der Waals surface area contributed by atoms with Gasteiger partial charge in [0.05, 0.1) is 28.9 Å². The molecule has 1 saturated heterocycles. The zero-order valence-electron chi connectivity index (χ0n) is 20.7. The smallest absolute Gasteiger partial charge is 0.144 e. The molecule has 2 aliphatic rings. The van der Waals surface area contributed by atoms with Gasteiger partial charge < -0.3 is 20.0 Å². The second-order valence-corrected chi connectivity index (χ2v) is 9.42. The Hall–Kier alpha value is -3.09. The van der Waals surface area contributed by atoms with Crippen molar-refractivity contribution in [2.24, 2.45) is 4.99 Å². The number of methoxy groups -OCH3 is 1. The Morgan fingerprint density at radius 2 is 1.94 bits per heavy atom. The molecular formula is C28H35N5O. The normalized spacial score (nSPS) is 18.9. The fourth-order valence-electron chi connectivity index (χ4n) is 5.23. The predicted octanol–water partition coefficient (Wildman–Crippen LogP) is 1.46. The van der Waals surface area contributed by atoms with E-state index in [-0.39, 0.29) is 0 Å². The summed E-state index contributed by atoms with van der Waals surface area (Å²) < 4.78 is 5.74. The number of rotatable bonds is 6. The van der Waals surface area contributed by atoms with Gasteiger partial charge in [0.2, 0.25) is 0 Å². The molecule has 34 heavy (non-hydrogen) atoms. The molecule has 0 spiro atoms. The maximum Gasteiger partial charge on any atom is 0.144 e. The third-order valence-electron chi connectivity index (χ3n) is 6.97. The quantitative estimate of drug-likeness (QED) is 0.525. The molecule has 6 nitrogen and oxygen atoms in total. The highest BCUT2D eigenvalue weighted by Crippen LogP contribution is 2.19. The third kappa shape index (κ3) is 4.48. The van der Waals surface area contributed by atoms with Crippen molar-refractivity contribution in [1.29, 1.82) is 0 Å². The van der Waals surface area contributed by atoms with Crippen LogP contribution in [0.4, 0.5) is 0 Å². The summed E-state index contributed by atoms with van der Waals surface area (Å²) in [6.45, 7) is 10.5. The number of H-pyrrole nitrogens is 2. The number of para-hydroxylation sites is 1. The van der Waals surface area contributed by atoms with Crippen LogP contribution >= 0.6 is 0 Å². The number of ether oxygens (including phenoxy) is 1. The minimum absolute atomic E-state index is 0.640. The highest BCUT2D eigenvalue weighted by molar-refractivity contribution is 5.89. The second kappa shape index (κ2) is 9.65. The number of aromatic nitrogens is 2. The summed E-state index contributed by atoms with van der Waals surface area (Å²) in [5, 5.41) is 7.84. The number of nitrogens with zero attached hydrogens (tertiary/aromatic N) is 2. The van der Waals surface area contributed by atoms with Crippen LogP contribution in [0.2, 0.25) is 0 Å². The number of aromatic amines is 2. The van der Waals surface area contributed by atoms with Crippen molar-refractivity contribution in [1.82, 2.24) is 20.2 Å². The molecule has 0 unspecified atom stereocenters. The first-order chi connectivity index (χ1) is 16.6. The van der Waals surface area contributed by atoms with Gasteiger partial charge in [0, 0.05) is 40.8 Å². The van der Waals surface area contributed by atoms with Gasteiger partial charge in [0.25, 0.3) is 0 Å². The Morgan fingerprint density at radius 1 is 1.15 bits per heavy atom. The number of piperidine rings is 1. The number of benzene rings is 1. The molecule has 0 amide bonds. The van der Waals surface area contributed by atoms with Gasteiger partial charge in [-0.3, -0.25) is 4.90 Å². The molecule has 5 rings (SSSR count). The number of nitrogens with one attached hydrogen (secondary N) is 3. The van der Waals surface area contributed by atoms with Gasteiger partial charge in [0.15, 0.2) is 0 Å². The van der Waals surface area contributed by atoms with Crippen LogP contribution in [-0.4, -0.2) is 54.2 Å². The van der Waals surface area contributed by atoms with E-state index in [9.17, 15) is 0 Å². The van der Waals surface area contributed by atoms with Crippen LogP contribution in [0.1, 0.15) is 36.7 Å². The van der Waals surface area contributed by atoms with Crippen molar-refractivity contribution in [2.75, 3.05) is 33.3 Å². The number of fused-ring (bicyclic) bond motifs is 1. The molecule has 1 aromatic carbocycles. The minimum Gasteiger partial charge on any atom is -0.494 e. The van der Waals surface area contributed by atoms with Gasteiger partial charge in [-0.2, -0.15) is 0 Å². The van der Waals surface area contributed by atoms with Crippen molar-refractivity contribution in [3.8, 4) is 5.75 Å². The molecular weight excluding hydrogens is 422 g/mol. The van der Waals surface area contributed by atoms with E-state index in [1.54, 1.807) is 7.11 Å². The SMILES string of the molecule is CCNC1CCN(CC2=c3ccccc3=N/C2=c2/cc(OC)/c(=C/c3[nH]c(C)cc3C)[nH]2)CC1. The molecule has 4 heterocycles. The van der Waals surface area contributed by atoms with Gasteiger partial charge in [-0.05, 0) is 70.1 Å². The highest BCUT2D eigenvalue weighted by Gasteiger charge is 2.22. The van der Waals surface area contributed by atoms with Gasteiger partial charge in [-0.1, -0.05) is 25.1 Å². The first-order valence-corrected chi connectivity index (χ1v) is 12.3. The third-order valence-corrected chi connectivity index (χ3v) is 6.97. The molecule has 0 aliphatic carbocycles. The summed E-state index contributed by atoms with van der Waals surface area (Å²) in [4.78, 5) is 14.7. The molecule has 0 bridgehead atoms. The second-order valence-electron chi connectivity index (χ2n) is 9.42. The van der Waals surface area contributed by atoms with E-state index < -0.39 is 0 Å². The zero-order valence-corrected chi connectivity index (χ0v) is 20.7. The first kappa shape index (κ1) is 22.7. The summed E-state index contributed by atoms with van der Waals surface area (Å²) in [7, 11) is 1.72. The first-order valence-electron chi connectivity index (χ1n) is 12.3. The largest absolute Gasteiger partial charge is 0.494 e. The number of aryl methyl sites for hydroxylation is 2. The average Bonchev–Trinajstić information content (AvgIpc) is 3.50. The van der Waals surface area contributed by atoms with Gasteiger partial charge >= 0.3 is 0 Å². The standard InChI is InChI=1S/C28H35N5O/c1-5-29-20-10-12-33(13-11-20)17-22-21-8-6-7-9-23(21)32-28(22)26-16-27(34-4)25(31-26)15-24-18(2)14-19(3)30-24/h6-9,14-16,20,29-31H,5,10-13,17H2,1-4H3/b25-15-,28-26-. The van der Waals surface area contributed by atoms with Crippen LogP contribution in [0.5, 0.6) is 5.75 Å². The maximum atomic E-state index is 5.74. The van der Waals surface area contributed by atoms with Crippen molar-refractivity contribution >= 4 is 17.3 Å². The number of hydrogen-bond acceptors (Lipinski definition) is 4. The fraction of sp³-hybridized carbons (Fsp3) is 0.393. The molecule has 2 aromatic heterocycles. The summed E-state index contributed by atoms with van der Waals surface area (Å²) in [5.41, 5.74) is 5.77. The summed E-state index contributed by atoms with van der Waals surface area (Å²) in [6, 6.07) is 13.4. The molecule has 2 aliphatic heterocycles. The maximum absolute atomic E-state index is 5.74. The lowest BCUT2D eigenvalue weighted by atomic mass is 10.0. The molecule has 6 heteroatoms. The van der Waals surface area contributed by atoms with Gasteiger partial charge in [-0.25, -0.2) is 4.99 Å². The Kier molecular flexibility index (Phi) is 6.44. The molecule has 178 valence electrons. The van der Waals surface area contributed by atoms with Gasteiger partial charge in [-0.15, -0.1) is 0 Å². The van der Waals surface area contributed by atoms with Crippen LogP contribution in [0.25, 0.3) is 17.3 Å². The van der Waals surface area contributed by atoms with E-state index in [4.69, 9.17) is 9.73 Å². The average molecular weight is 458 g/mol. The van der Waals surface area contributed by atoms with Crippen LogP contribution < -0.4 is 31.3 Å². The van der Waals surface area contributed by atoms with Crippen LogP contribution in [-0.2, 0) is 0 Å². The molecule has 0 saturated carbocycles. The Morgan fingerprint density at radius 3 is 2.65 bits per heavy atom. The number of likely N-dealkylation sites (tertiary alicyclic amines) is 1.